The van der Waals surface area contributed by atoms with Gasteiger partial charge in [0.2, 0.25) is 5.43 Å². The second-order valence-electron chi connectivity index (χ2n) is 5.79. The molecule has 0 aliphatic carbocycles. The van der Waals surface area contributed by atoms with Crippen LogP contribution in [0.5, 0.6) is 0 Å². The molecular formula is C18H15FN2O4S. The molecule has 6 nitrogen and oxygen atoms in total. The van der Waals surface area contributed by atoms with Crippen molar-refractivity contribution in [2.24, 2.45) is 0 Å². The van der Waals surface area contributed by atoms with Crippen LogP contribution < -0.4 is 10.7 Å². The van der Waals surface area contributed by atoms with Crippen LogP contribution in [0.4, 0.5) is 4.39 Å². The van der Waals surface area contributed by atoms with Crippen molar-refractivity contribution in [3.8, 4) is 0 Å². The Kier molecular flexibility index (Phi) is 4.60. The van der Waals surface area contributed by atoms with E-state index in [1.54, 1.807) is 24.3 Å². The van der Waals surface area contributed by atoms with Crippen molar-refractivity contribution >= 4 is 26.6 Å². The van der Waals surface area contributed by atoms with Gasteiger partial charge in [-0.05, 0) is 30.3 Å². The van der Waals surface area contributed by atoms with Crippen LogP contribution in [0.3, 0.4) is 0 Å². The number of halogens is 1. The first-order valence-electron chi connectivity index (χ1n) is 7.64. The molecule has 8 heteroatoms. The fraction of sp³-hybridized carbons (Fsp3) is 0.111. The molecule has 1 amide bonds. The van der Waals surface area contributed by atoms with Crippen LogP contribution in [0.25, 0.3) is 10.9 Å². The molecule has 1 aromatic heterocycles. The first-order chi connectivity index (χ1) is 12.3. The minimum absolute atomic E-state index is 0.0125. The molecule has 134 valence electrons. The zero-order valence-electron chi connectivity index (χ0n) is 13.7. The van der Waals surface area contributed by atoms with Crippen LogP contribution >= 0.6 is 0 Å². The lowest BCUT2D eigenvalue weighted by Gasteiger charge is -2.08. The number of amides is 1. The number of aromatic amines is 1. The van der Waals surface area contributed by atoms with Gasteiger partial charge in [0.25, 0.3) is 5.91 Å². The van der Waals surface area contributed by atoms with Gasteiger partial charge < -0.3 is 10.3 Å². The maximum absolute atomic E-state index is 13.9. The van der Waals surface area contributed by atoms with Crippen LogP contribution in [-0.2, 0) is 16.4 Å². The van der Waals surface area contributed by atoms with E-state index in [1.807, 2.05) is 0 Å². The number of pyridine rings is 1. The maximum atomic E-state index is 13.9. The van der Waals surface area contributed by atoms with Crippen LogP contribution in [0.1, 0.15) is 15.9 Å². The number of nitrogens with one attached hydrogen (secondary N) is 2. The molecular weight excluding hydrogens is 359 g/mol. The highest BCUT2D eigenvalue weighted by molar-refractivity contribution is 7.90. The quantitative estimate of drug-likeness (QED) is 0.683. The molecule has 0 aliphatic heterocycles. The molecule has 26 heavy (non-hydrogen) atoms. The minimum Gasteiger partial charge on any atom is -0.360 e. The lowest BCUT2D eigenvalue weighted by Crippen LogP contribution is -2.28. The number of rotatable bonds is 4. The smallest absolute Gasteiger partial charge is 0.257 e. The second kappa shape index (κ2) is 6.72. The molecule has 0 radical (unpaired) electrons. The van der Waals surface area contributed by atoms with E-state index in [0.717, 1.165) is 24.5 Å². The number of benzene rings is 2. The molecule has 0 fully saturated rings. The number of carbonyl (C=O) groups excluding carboxylic acids is 1. The average Bonchev–Trinajstić information content (AvgIpc) is 2.60. The largest absolute Gasteiger partial charge is 0.360 e. The third-order valence-corrected chi connectivity index (χ3v) is 5.03. The predicted molar refractivity (Wildman–Crippen MR) is 95.2 cm³/mol. The first-order valence-corrected chi connectivity index (χ1v) is 9.53. The Morgan fingerprint density at radius 2 is 1.92 bits per heavy atom. The van der Waals surface area contributed by atoms with Gasteiger partial charge in [0.15, 0.2) is 9.84 Å². The van der Waals surface area contributed by atoms with Crippen molar-refractivity contribution in [2.45, 2.75) is 11.4 Å². The summed E-state index contributed by atoms with van der Waals surface area (Å²) in [4.78, 5) is 27.5. The van der Waals surface area contributed by atoms with Gasteiger partial charge in [-0.15, -0.1) is 0 Å². The van der Waals surface area contributed by atoms with Crippen molar-refractivity contribution in [1.82, 2.24) is 10.3 Å². The number of hydrogen-bond donors (Lipinski definition) is 2. The average molecular weight is 374 g/mol. The lowest BCUT2D eigenvalue weighted by molar-refractivity contribution is 0.0949. The SMILES string of the molecule is CS(=O)(=O)c1ccc(F)c(CNC(=O)c2c[nH]c3ccccc3c2=O)c1. The number of aromatic nitrogens is 1. The second-order valence-corrected chi connectivity index (χ2v) is 7.80. The predicted octanol–water partition coefficient (Wildman–Crippen LogP) is 2.00. The van der Waals surface area contributed by atoms with Gasteiger partial charge in [-0.2, -0.15) is 0 Å². The van der Waals surface area contributed by atoms with Gasteiger partial charge >= 0.3 is 0 Å². The van der Waals surface area contributed by atoms with Crippen LogP contribution in [0, 0.1) is 5.82 Å². The van der Waals surface area contributed by atoms with Gasteiger partial charge in [-0.3, -0.25) is 9.59 Å². The van der Waals surface area contributed by atoms with E-state index < -0.39 is 27.0 Å². The van der Waals surface area contributed by atoms with Crippen molar-refractivity contribution < 1.29 is 17.6 Å². The van der Waals surface area contributed by atoms with Crippen molar-refractivity contribution in [3.63, 3.8) is 0 Å². The normalized spacial score (nSPS) is 11.5. The number of para-hydroxylation sites is 1. The van der Waals surface area contributed by atoms with Crippen LogP contribution in [-0.4, -0.2) is 25.6 Å². The van der Waals surface area contributed by atoms with Crippen LogP contribution in [0.15, 0.2) is 58.4 Å². The van der Waals surface area contributed by atoms with E-state index in [0.29, 0.717) is 10.9 Å². The molecule has 0 aliphatic rings. The Balaban J connectivity index is 1.86. The summed E-state index contributed by atoms with van der Waals surface area (Å²) >= 11 is 0. The molecule has 1 heterocycles. The van der Waals surface area contributed by atoms with E-state index in [-0.39, 0.29) is 22.6 Å². The Bertz CT molecular complexity index is 1170. The summed E-state index contributed by atoms with van der Waals surface area (Å²) in [5.74, 6) is -1.33. The summed E-state index contributed by atoms with van der Waals surface area (Å²) in [6, 6.07) is 10.1. The molecule has 0 atom stereocenters. The highest BCUT2D eigenvalue weighted by Crippen LogP contribution is 2.15. The van der Waals surface area contributed by atoms with Gasteiger partial charge in [0, 0.05) is 35.5 Å². The lowest BCUT2D eigenvalue weighted by atomic mass is 10.1. The van der Waals surface area contributed by atoms with Gasteiger partial charge in [-0.1, -0.05) is 12.1 Å². The molecule has 3 rings (SSSR count). The highest BCUT2D eigenvalue weighted by Gasteiger charge is 2.15. The molecule has 3 aromatic rings. The van der Waals surface area contributed by atoms with E-state index in [2.05, 4.69) is 10.3 Å². The molecule has 2 aromatic carbocycles. The number of fused-ring (bicyclic) bond motifs is 1. The molecule has 0 saturated heterocycles. The van der Waals surface area contributed by atoms with Gasteiger partial charge in [0.05, 0.1) is 4.90 Å². The number of hydrogen-bond acceptors (Lipinski definition) is 4. The topological polar surface area (TPSA) is 96.1 Å². The highest BCUT2D eigenvalue weighted by atomic mass is 32.2. The summed E-state index contributed by atoms with van der Waals surface area (Å²) in [7, 11) is -3.50. The summed E-state index contributed by atoms with van der Waals surface area (Å²) in [6.07, 6.45) is 2.31. The maximum Gasteiger partial charge on any atom is 0.257 e. The zero-order valence-corrected chi connectivity index (χ0v) is 14.6. The van der Waals surface area contributed by atoms with E-state index in [1.165, 1.54) is 6.20 Å². The van der Waals surface area contributed by atoms with E-state index in [9.17, 15) is 22.4 Å². The molecule has 0 spiro atoms. The standard InChI is InChI=1S/C18H15FN2O4S/c1-26(24,25)12-6-7-15(19)11(8-12)9-21-18(23)14-10-20-16-5-3-2-4-13(16)17(14)22/h2-8,10H,9H2,1H3,(H,20,22)(H,21,23). The molecule has 2 N–H and O–H groups in total. The number of H-pyrrole nitrogens is 1. The summed E-state index contributed by atoms with van der Waals surface area (Å²) in [5, 5.41) is 2.81. The van der Waals surface area contributed by atoms with E-state index in [4.69, 9.17) is 0 Å². The van der Waals surface area contributed by atoms with Gasteiger partial charge in [-0.25, -0.2) is 12.8 Å². The third kappa shape index (κ3) is 3.50. The minimum atomic E-state index is -3.50. The fourth-order valence-electron chi connectivity index (χ4n) is 2.52. The fourth-order valence-corrected chi connectivity index (χ4v) is 3.20. The van der Waals surface area contributed by atoms with Crippen LogP contribution in [0.2, 0.25) is 0 Å². The van der Waals surface area contributed by atoms with E-state index >= 15 is 0 Å². The van der Waals surface area contributed by atoms with Crippen molar-refractivity contribution in [2.75, 3.05) is 6.26 Å². The third-order valence-electron chi connectivity index (χ3n) is 3.92. The Labute approximate surface area is 148 Å². The molecule has 0 bridgehead atoms. The zero-order chi connectivity index (χ0) is 18.9. The molecule has 0 saturated carbocycles. The Hall–Kier alpha value is -3.00. The first kappa shape index (κ1) is 17.8. The number of carbonyl (C=O) groups is 1. The monoisotopic (exact) mass is 374 g/mol. The summed E-state index contributed by atoms with van der Waals surface area (Å²) < 4.78 is 37.0. The summed E-state index contributed by atoms with van der Waals surface area (Å²) in [6.45, 7) is -0.250. The molecule has 0 unspecified atom stereocenters. The summed E-state index contributed by atoms with van der Waals surface area (Å²) in [5.41, 5.74) is 0.0602. The Morgan fingerprint density at radius 1 is 1.19 bits per heavy atom. The Morgan fingerprint density at radius 3 is 2.65 bits per heavy atom. The number of sulfone groups is 1. The van der Waals surface area contributed by atoms with Gasteiger partial charge in [0.1, 0.15) is 11.4 Å². The van der Waals surface area contributed by atoms with Crippen molar-refractivity contribution in [3.05, 3.63) is 75.8 Å². The van der Waals surface area contributed by atoms with Crippen molar-refractivity contribution in [1.29, 1.82) is 0 Å².